The first-order valence-corrected chi connectivity index (χ1v) is 15.9. The second-order valence-electron chi connectivity index (χ2n) is 6.86. The van der Waals surface area contributed by atoms with Crippen LogP contribution in [-0.2, 0) is 20.8 Å². The smallest absolute Gasteiger partial charge is 0.0149 e. The van der Waals surface area contributed by atoms with Crippen molar-refractivity contribution in [3.05, 3.63) is 116 Å². The fourth-order valence-corrected chi connectivity index (χ4v) is 3.59. The van der Waals surface area contributed by atoms with Crippen molar-refractivity contribution in [1.82, 2.24) is 4.57 Å². The molecule has 0 saturated heterocycles. The van der Waals surface area contributed by atoms with Crippen LogP contribution in [0.2, 0.25) is 0 Å². The van der Waals surface area contributed by atoms with E-state index in [1.54, 1.807) is 0 Å². The molecule has 0 saturated carbocycles. The predicted octanol–water partition coefficient (Wildman–Crippen LogP) is 8.44. The molecule has 0 spiro atoms. The van der Waals surface area contributed by atoms with Gasteiger partial charge in [-0.05, 0) is 16.5 Å². The molecule has 146 valence electrons. The number of benzene rings is 3. The summed E-state index contributed by atoms with van der Waals surface area (Å²) >= 11 is -0.826. The van der Waals surface area contributed by atoms with E-state index in [2.05, 4.69) is 120 Å². The summed E-state index contributed by atoms with van der Waals surface area (Å²) in [5.41, 5.74) is 1.23. The largest absolute Gasteiger partial charge is 0.341 e. The summed E-state index contributed by atoms with van der Waals surface area (Å²) in [5.74, 6) is 0. The normalized spacial score (nSPS) is 10.2. The summed E-state index contributed by atoms with van der Waals surface area (Å²) in [6, 6.07) is 36.1. The summed E-state index contributed by atoms with van der Waals surface area (Å²) in [7, 11) is 9.87. The van der Waals surface area contributed by atoms with Crippen LogP contribution in [0.5, 0.6) is 0 Å². The molecule has 30 heavy (non-hydrogen) atoms. The zero-order valence-corrected chi connectivity index (χ0v) is 20.1. The summed E-state index contributed by atoms with van der Waals surface area (Å²) in [5, 5.41) is 7.82. The third kappa shape index (κ3) is 4.95. The molecule has 0 aliphatic rings. The van der Waals surface area contributed by atoms with Gasteiger partial charge >= 0.3 is 37.9 Å². The summed E-state index contributed by atoms with van der Waals surface area (Å²) < 4.78 is 2.20. The molecule has 0 bridgehead atoms. The van der Waals surface area contributed by atoms with Crippen LogP contribution in [0.1, 0.15) is 0 Å². The topological polar surface area (TPSA) is 4.93 Å². The van der Waals surface area contributed by atoms with Crippen LogP contribution < -0.4 is 0 Å². The molecular formula is C26H19Cl2NZr. The van der Waals surface area contributed by atoms with Gasteiger partial charge in [0.1, 0.15) is 0 Å². The molecule has 0 fully saturated rings. The third-order valence-electron chi connectivity index (χ3n) is 5.00. The van der Waals surface area contributed by atoms with Crippen LogP contribution in [-0.4, -0.2) is 4.57 Å². The molecule has 0 N–H and O–H groups in total. The van der Waals surface area contributed by atoms with Crippen LogP contribution in [0.15, 0.2) is 116 Å². The van der Waals surface area contributed by atoms with Gasteiger partial charge in [-0.25, -0.2) is 0 Å². The summed E-state index contributed by atoms with van der Waals surface area (Å²) in [6.07, 6.45) is 4.37. The molecule has 0 unspecified atom stereocenters. The predicted molar refractivity (Wildman–Crippen MR) is 128 cm³/mol. The molecule has 0 amide bonds. The fourth-order valence-electron chi connectivity index (χ4n) is 3.59. The third-order valence-corrected chi connectivity index (χ3v) is 5.00. The molecule has 0 radical (unpaired) electrons. The van der Waals surface area contributed by atoms with E-state index < -0.39 is 20.8 Å². The van der Waals surface area contributed by atoms with Gasteiger partial charge in [-0.1, -0.05) is 36.4 Å². The Kier molecular flexibility index (Phi) is 7.23. The summed E-state index contributed by atoms with van der Waals surface area (Å²) in [4.78, 5) is 0. The Morgan fingerprint density at radius 3 is 1.77 bits per heavy atom. The van der Waals surface area contributed by atoms with Crippen molar-refractivity contribution in [1.29, 1.82) is 0 Å². The molecule has 0 atom stereocenters. The quantitative estimate of drug-likeness (QED) is 0.197. The van der Waals surface area contributed by atoms with E-state index in [0.717, 1.165) is 0 Å². The minimum atomic E-state index is -0.826. The van der Waals surface area contributed by atoms with Gasteiger partial charge in [0, 0.05) is 12.4 Å². The van der Waals surface area contributed by atoms with E-state index in [-0.39, 0.29) is 0 Å². The first-order chi connectivity index (χ1) is 14.8. The molecule has 0 aliphatic carbocycles. The van der Waals surface area contributed by atoms with Crippen LogP contribution in [0.25, 0.3) is 38.0 Å². The van der Waals surface area contributed by atoms with E-state index in [0.29, 0.717) is 0 Å². The van der Waals surface area contributed by atoms with Gasteiger partial charge in [0.05, 0.1) is 0 Å². The maximum absolute atomic E-state index is 4.93. The van der Waals surface area contributed by atoms with Crippen molar-refractivity contribution in [3.8, 4) is 5.69 Å². The molecule has 5 aromatic carbocycles. The van der Waals surface area contributed by atoms with E-state index >= 15 is 0 Å². The Balaban J connectivity index is 0.000000152. The molecule has 1 heterocycles. The molecule has 6 aromatic rings. The van der Waals surface area contributed by atoms with Crippen LogP contribution in [0, 0.1) is 0 Å². The average molecular weight is 508 g/mol. The molecule has 1 nitrogen and oxygen atoms in total. The Labute approximate surface area is 194 Å². The summed E-state index contributed by atoms with van der Waals surface area (Å²) in [6.45, 7) is 0. The Bertz CT molecular complexity index is 1190. The van der Waals surface area contributed by atoms with E-state index in [9.17, 15) is 0 Å². The van der Waals surface area contributed by atoms with Gasteiger partial charge < -0.3 is 4.57 Å². The van der Waals surface area contributed by atoms with Crippen LogP contribution in [0.3, 0.4) is 0 Å². The average Bonchev–Trinajstić information content (AvgIpc) is 3.51. The number of nitrogens with zero attached hydrogens (tertiary/aromatic N) is 1. The van der Waals surface area contributed by atoms with Crippen LogP contribution >= 0.6 is 17.0 Å². The van der Waals surface area contributed by atoms with Gasteiger partial charge in [-0.15, -0.1) is 70.8 Å². The first-order valence-electron chi connectivity index (χ1n) is 9.58. The van der Waals surface area contributed by atoms with Crippen molar-refractivity contribution < 1.29 is 20.8 Å². The fraction of sp³-hybridized carbons (Fsp3) is 0. The monoisotopic (exact) mass is 505 g/mol. The van der Waals surface area contributed by atoms with Gasteiger partial charge in [0.2, 0.25) is 0 Å². The SMILES string of the molecule is [Cl][Zr+2][Cl].c1ccc2[cH-]ccc2c1.c1ccc2cn(-c3cc4ccccc4[cH-]3)cc2c1. The van der Waals surface area contributed by atoms with Crippen LogP contribution in [0.4, 0.5) is 0 Å². The first kappa shape index (κ1) is 21.1. The van der Waals surface area contributed by atoms with E-state index in [1.165, 1.54) is 38.0 Å². The number of hydrogen-bond acceptors (Lipinski definition) is 0. The second-order valence-corrected chi connectivity index (χ2v) is 10.6. The Morgan fingerprint density at radius 2 is 1.17 bits per heavy atom. The van der Waals surface area contributed by atoms with Crippen molar-refractivity contribution in [3.63, 3.8) is 0 Å². The van der Waals surface area contributed by atoms with E-state index in [1.807, 2.05) is 0 Å². The van der Waals surface area contributed by atoms with Gasteiger partial charge in [-0.3, -0.25) is 0 Å². The van der Waals surface area contributed by atoms with Crippen molar-refractivity contribution in [2.75, 3.05) is 0 Å². The molecular weight excluding hydrogens is 488 g/mol. The van der Waals surface area contributed by atoms with E-state index in [4.69, 9.17) is 17.0 Å². The second kappa shape index (κ2) is 10.3. The van der Waals surface area contributed by atoms with Crippen molar-refractivity contribution >= 4 is 49.3 Å². The number of hydrogen-bond donors (Lipinski definition) is 0. The number of aromatic nitrogens is 1. The minimum Gasteiger partial charge on any atom is -0.341 e. The Morgan fingerprint density at radius 1 is 0.633 bits per heavy atom. The minimum absolute atomic E-state index is 0.826. The van der Waals surface area contributed by atoms with Gasteiger partial charge in [0.25, 0.3) is 0 Å². The number of halogens is 2. The van der Waals surface area contributed by atoms with Gasteiger partial charge in [-0.2, -0.15) is 17.5 Å². The van der Waals surface area contributed by atoms with Gasteiger partial charge in [0.15, 0.2) is 0 Å². The maximum Gasteiger partial charge on any atom is 0.0149 e. The van der Waals surface area contributed by atoms with Crippen molar-refractivity contribution in [2.24, 2.45) is 0 Å². The number of rotatable bonds is 1. The standard InChI is InChI=1S/C17H12N.C9H7.2ClH.Zr/c1-2-6-14-10-17(9-13(14)5-1)18-11-15-7-3-4-8-16(15)12-18;1-2-5-9-7-3-6-8(9)4-1;;;/h1-12H;1-7H;2*1H;/q2*-1;;;+4/p-2. The maximum atomic E-state index is 4.93. The van der Waals surface area contributed by atoms with Crippen molar-refractivity contribution in [2.45, 2.75) is 0 Å². The molecule has 4 heteroatoms. The zero-order chi connectivity index (χ0) is 20.8. The Hall–Kier alpha value is -2.12. The zero-order valence-electron chi connectivity index (χ0n) is 16.2. The molecule has 6 rings (SSSR count). The molecule has 1 aromatic heterocycles. The molecule has 0 aliphatic heterocycles. The number of fused-ring (bicyclic) bond motifs is 3.